The van der Waals surface area contributed by atoms with Crippen LogP contribution in [0.5, 0.6) is 0 Å². The van der Waals surface area contributed by atoms with Crippen molar-refractivity contribution in [1.82, 2.24) is 9.71 Å². The molecule has 3 rings (SSSR count). The van der Waals surface area contributed by atoms with Crippen LogP contribution in [0.3, 0.4) is 0 Å². The first-order valence-electron chi connectivity index (χ1n) is 8.97. The maximum absolute atomic E-state index is 12.8. The van der Waals surface area contributed by atoms with Crippen LogP contribution >= 0.6 is 34.7 Å². The monoisotopic (exact) mass is 481 g/mol. The van der Waals surface area contributed by atoms with Crippen LogP contribution in [0.2, 0.25) is 5.02 Å². The van der Waals surface area contributed by atoms with E-state index in [0.29, 0.717) is 22.3 Å². The van der Waals surface area contributed by atoms with Gasteiger partial charge >= 0.3 is 0 Å². The van der Waals surface area contributed by atoms with Gasteiger partial charge in [0.1, 0.15) is 6.04 Å². The quantitative estimate of drug-likeness (QED) is 0.469. The average Bonchev–Trinajstić information content (AvgIpc) is 3.20. The molecular weight excluding hydrogens is 462 g/mol. The summed E-state index contributed by atoms with van der Waals surface area (Å²) in [6.07, 6.45) is 2.24. The molecule has 1 atom stereocenters. The van der Waals surface area contributed by atoms with Crippen LogP contribution < -0.4 is 10.0 Å². The van der Waals surface area contributed by atoms with E-state index in [9.17, 15) is 13.2 Å². The molecule has 1 amide bonds. The molecule has 1 unspecified atom stereocenters. The molecule has 1 heterocycles. The van der Waals surface area contributed by atoms with Gasteiger partial charge in [0, 0.05) is 16.0 Å². The van der Waals surface area contributed by atoms with Crippen molar-refractivity contribution < 1.29 is 13.2 Å². The number of carbonyl (C=O) groups is 1. The highest BCUT2D eigenvalue weighted by molar-refractivity contribution is 7.98. The molecule has 30 heavy (non-hydrogen) atoms. The Labute approximate surface area is 189 Å². The van der Waals surface area contributed by atoms with E-state index in [1.807, 2.05) is 42.0 Å². The first kappa shape index (κ1) is 22.8. The number of nitrogens with one attached hydrogen (secondary N) is 2. The number of hydrogen-bond donors (Lipinski definition) is 2. The van der Waals surface area contributed by atoms with Crippen LogP contribution in [0.15, 0.2) is 64.9 Å². The summed E-state index contributed by atoms with van der Waals surface area (Å²) in [6, 6.07) is 14.5. The van der Waals surface area contributed by atoms with Crippen molar-refractivity contribution >= 4 is 55.8 Å². The Morgan fingerprint density at radius 2 is 1.87 bits per heavy atom. The smallest absolute Gasteiger partial charge is 0.244 e. The summed E-state index contributed by atoms with van der Waals surface area (Å²) in [6.45, 7) is 0. The number of nitrogens with zero attached hydrogens (tertiary/aromatic N) is 1. The fraction of sp³-hybridized carbons (Fsp3) is 0.200. The molecule has 0 saturated carbocycles. The summed E-state index contributed by atoms with van der Waals surface area (Å²) in [5.74, 6) is 0.171. The molecule has 0 aliphatic carbocycles. The lowest BCUT2D eigenvalue weighted by Crippen LogP contribution is -2.44. The van der Waals surface area contributed by atoms with Crippen LogP contribution in [-0.4, -0.2) is 37.4 Å². The third-order valence-corrected chi connectivity index (χ3v) is 7.29. The zero-order valence-corrected chi connectivity index (χ0v) is 19.2. The third kappa shape index (κ3) is 6.05. The number of rotatable bonds is 9. The fourth-order valence-corrected chi connectivity index (χ4v) is 5.16. The molecule has 0 spiro atoms. The summed E-state index contributed by atoms with van der Waals surface area (Å²) in [5.41, 5.74) is 1.69. The van der Waals surface area contributed by atoms with Gasteiger partial charge in [-0.05, 0) is 42.7 Å². The van der Waals surface area contributed by atoms with Gasteiger partial charge < -0.3 is 5.32 Å². The molecule has 0 saturated heterocycles. The highest BCUT2D eigenvalue weighted by Gasteiger charge is 2.26. The molecule has 0 radical (unpaired) electrons. The van der Waals surface area contributed by atoms with E-state index in [4.69, 9.17) is 11.6 Å². The van der Waals surface area contributed by atoms with Gasteiger partial charge in [-0.1, -0.05) is 41.9 Å². The zero-order valence-electron chi connectivity index (χ0n) is 16.0. The summed E-state index contributed by atoms with van der Waals surface area (Å²) in [4.78, 5) is 17.3. The Morgan fingerprint density at radius 1 is 1.17 bits per heavy atom. The van der Waals surface area contributed by atoms with E-state index in [1.165, 1.54) is 47.4 Å². The van der Waals surface area contributed by atoms with Crippen molar-refractivity contribution in [3.63, 3.8) is 0 Å². The van der Waals surface area contributed by atoms with Crippen molar-refractivity contribution in [3.8, 4) is 11.3 Å². The number of thiazole rings is 1. The second-order valence-electron chi connectivity index (χ2n) is 6.30. The number of hydrogen-bond acceptors (Lipinski definition) is 6. The number of sulfonamides is 1. The molecule has 2 N–H and O–H groups in total. The molecule has 158 valence electrons. The van der Waals surface area contributed by atoms with E-state index in [-0.39, 0.29) is 4.90 Å². The van der Waals surface area contributed by atoms with Gasteiger partial charge in [-0.15, -0.1) is 11.3 Å². The summed E-state index contributed by atoms with van der Waals surface area (Å²) in [5, 5.41) is 5.43. The topological polar surface area (TPSA) is 88.2 Å². The van der Waals surface area contributed by atoms with Crippen molar-refractivity contribution in [2.45, 2.75) is 17.4 Å². The summed E-state index contributed by atoms with van der Waals surface area (Å²) in [7, 11) is -3.88. The Bertz CT molecular complexity index is 1090. The molecule has 3 aromatic rings. The number of carbonyl (C=O) groups excluding carboxylic acids is 1. The SMILES string of the molecule is CSCCC(NS(=O)(=O)c1ccc(Cl)cc1)C(=O)Nc1nc(-c2ccccc2)cs1. The van der Waals surface area contributed by atoms with Crippen LogP contribution in [0.25, 0.3) is 11.3 Å². The summed E-state index contributed by atoms with van der Waals surface area (Å²) < 4.78 is 27.9. The third-order valence-electron chi connectivity index (χ3n) is 4.15. The van der Waals surface area contributed by atoms with Crippen LogP contribution in [0.1, 0.15) is 6.42 Å². The second-order valence-corrected chi connectivity index (χ2v) is 10.3. The standard InChI is InChI=1S/C20H20ClN3O3S3/c1-28-12-11-17(24-30(26,27)16-9-7-15(21)8-10-16)19(25)23-20-22-18(13-29-20)14-5-3-2-4-6-14/h2-10,13,17,24H,11-12H2,1H3,(H,22,23,25). The van der Waals surface area contributed by atoms with Gasteiger partial charge in [0.15, 0.2) is 5.13 Å². The van der Waals surface area contributed by atoms with Crippen LogP contribution in [-0.2, 0) is 14.8 Å². The fourth-order valence-electron chi connectivity index (χ4n) is 2.61. The number of halogens is 1. The van der Waals surface area contributed by atoms with Crippen molar-refractivity contribution in [1.29, 1.82) is 0 Å². The zero-order chi connectivity index (χ0) is 21.6. The van der Waals surface area contributed by atoms with E-state index in [0.717, 1.165) is 11.3 Å². The van der Waals surface area contributed by atoms with E-state index < -0.39 is 22.0 Å². The number of benzene rings is 2. The van der Waals surface area contributed by atoms with Gasteiger partial charge in [-0.25, -0.2) is 13.4 Å². The first-order valence-corrected chi connectivity index (χ1v) is 13.1. The van der Waals surface area contributed by atoms with Crippen molar-refractivity contribution in [3.05, 3.63) is 65.0 Å². The Balaban J connectivity index is 1.74. The Hall–Kier alpha value is -1.91. The number of amides is 1. The van der Waals surface area contributed by atoms with Crippen LogP contribution in [0.4, 0.5) is 5.13 Å². The lowest BCUT2D eigenvalue weighted by Gasteiger charge is -2.17. The average molecular weight is 482 g/mol. The molecule has 0 aliphatic rings. The molecular formula is C20H20ClN3O3S3. The van der Waals surface area contributed by atoms with Gasteiger partial charge in [-0.3, -0.25) is 4.79 Å². The van der Waals surface area contributed by atoms with E-state index in [2.05, 4.69) is 15.0 Å². The van der Waals surface area contributed by atoms with Gasteiger partial charge in [0.2, 0.25) is 15.9 Å². The second kappa shape index (κ2) is 10.4. The molecule has 10 heteroatoms. The molecule has 0 fully saturated rings. The van der Waals surface area contributed by atoms with E-state index in [1.54, 1.807) is 0 Å². The maximum atomic E-state index is 12.8. The largest absolute Gasteiger partial charge is 0.301 e. The van der Waals surface area contributed by atoms with Crippen molar-refractivity contribution in [2.75, 3.05) is 17.3 Å². The number of thioether (sulfide) groups is 1. The predicted molar refractivity (Wildman–Crippen MR) is 125 cm³/mol. The lowest BCUT2D eigenvalue weighted by atomic mass is 10.2. The first-order chi connectivity index (χ1) is 14.4. The molecule has 1 aromatic heterocycles. The lowest BCUT2D eigenvalue weighted by molar-refractivity contribution is -0.117. The number of aromatic nitrogens is 1. The highest BCUT2D eigenvalue weighted by Crippen LogP contribution is 2.25. The molecule has 0 aliphatic heterocycles. The minimum atomic E-state index is -3.88. The number of anilines is 1. The van der Waals surface area contributed by atoms with Crippen molar-refractivity contribution in [2.24, 2.45) is 0 Å². The normalized spacial score (nSPS) is 12.5. The van der Waals surface area contributed by atoms with Gasteiger partial charge in [0.05, 0.1) is 10.6 Å². The molecule has 2 aromatic carbocycles. The van der Waals surface area contributed by atoms with Gasteiger partial charge in [-0.2, -0.15) is 16.5 Å². The van der Waals surface area contributed by atoms with E-state index >= 15 is 0 Å². The van der Waals surface area contributed by atoms with Gasteiger partial charge in [0.25, 0.3) is 0 Å². The Kier molecular flexibility index (Phi) is 7.90. The minimum absolute atomic E-state index is 0.0504. The molecule has 6 nitrogen and oxygen atoms in total. The maximum Gasteiger partial charge on any atom is 0.244 e. The summed E-state index contributed by atoms with van der Waals surface area (Å²) >= 11 is 8.66. The Morgan fingerprint density at radius 3 is 2.53 bits per heavy atom. The molecule has 0 bridgehead atoms. The van der Waals surface area contributed by atoms with Crippen LogP contribution in [0, 0.1) is 0 Å². The highest BCUT2D eigenvalue weighted by atomic mass is 35.5. The predicted octanol–water partition coefficient (Wildman–Crippen LogP) is 4.50. The minimum Gasteiger partial charge on any atom is -0.301 e.